The lowest BCUT2D eigenvalue weighted by Gasteiger charge is -2.15. The van der Waals surface area contributed by atoms with Crippen molar-refractivity contribution in [2.24, 2.45) is 5.73 Å². The molecule has 1 atom stereocenters. The molecule has 0 radical (unpaired) electrons. The molecule has 3 heteroatoms. The fourth-order valence-corrected chi connectivity index (χ4v) is 2.81. The number of nitrogens with two attached hydrogens (primary N) is 1. The van der Waals surface area contributed by atoms with Crippen molar-refractivity contribution in [2.75, 3.05) is 0 Å². The number of rotatable bonds is 1. The van der Waals surface area contributed by atoms with E-state index in [1.165, 1.54) is 11.6 Å². The number of fused-ring (bicyclic) bond motifs is 2. The average Bonchev–Trinajstić information content (AvgIpc) is 2.74. The van der Waals surface area contributed by atoms with Gasteiger partial charge in [0, 0.05) is 17.1 Å². The Hall–Kier alpha value is -1.48. The van der Waals surface area contributed by atoms with Crippen molar-refractivity contribution >= 4 is 10.9 Å². The molecule has 1 aliphatic carbocycles. The number of aromatic nitrogens is 1. The SMILES string of the molecule is CC(N)c1c2c(nc3c(F)cccc13)CCC2. The first kappa shape index (κ1) is 10.7. The molecule has 1 unspecified atom stereocenters. The highest BCUT2D eigenvalue weighted by Gasteiger charge is 2.22. The molecule has 2 nitrogen and oxygen atoms in total. The number of aryl methyl sites for hydroxylation is 1. The summed E-state index contributed by atoms with van der Waals surface area (Å²) in [5, 5.41) is 0.876. The van der Waals surface area contributed by atoms with E-state index in [1.807, 2.05) is 13.0 Å². The van der Waals surface area contributed by atoms with Crippen molar-refractivity contribution in [2.45, 2.75) is 32.2 Å². The lowest BCUT2D eigenvalue weighted by molar-refractivity contribution is 0.636. The van der Waals surface area contributed by atoms with E-state index in [-0.39, 0.29) is 11.9 Å². The summed E-state index contributed by atoms with van der Waals surface area (Å²) >= 11 is 0. The van der Waals surface area contributed by atoms with E-state index in [0.29, 0.717) is 5.52 Å². The van der Waals surface area contributed by atoms with Gasteiger partial charge >= 0.3 is 0 Å². The summed E-state index contributed by atoms with van der Waals surface area (Å²) in [6, 6.07) is 5.03. The van der Waals surface area contributed by atoms with Gasteiger partial charge in [-0.05, 0) is 43.4 Å². The molecule has 17 heavy (non-hydrogen) atoms. The third-order valence-electron chi connectivity index (χ3n) is 3.49. The zero-order valence-corrected chi connectivity index (χ0v) is 9.83. The molecule has 0 saturated heterocycles. The van der Waals surface area contributed by atoms with Crippen LogP contribution in [0.4, 0.5) is 4.39 Å². The second-order valence-electron chi connectivity index (χ2n) is 4.73. The van der Waals surface area contributed by atoms with Crippen LogP contribution in [0.25, 0.3) is 10.9 Å². The van der Waals surface area contributed by atoms with Gasteiger partial charge in [-0.3, -0.25) is 0 Å². The summed E-state index contributed by atoms with van der Waals surface area (Å²) in [6.07, 6.45) is 3.06. The van der Waals surface area contributed by atoms with Crippen LogP contribution in [0.3, 0.4) is 0 Å². The molecule has 0 bridgehead atoms. The molecule has 88 valence electrons. The van der Waals surface area contributed by atoms with E-state index in [4.69, 9.17) is 5.73 Å². The first-order valence-corrected chi connectivity index (χ1v) is 6.04. The van der Waals surface area contributed by atoms with E-state index in [9.17, 15) is 4.39 Å². The van der Waals surface area contributed by atoms with E-state index >= 15 is 0 Å². The maximum Gasteiger partial charge on any atom is 0.149 e. The Kier molecular flexibility index (Phi) is 2.37. The van der Waals surface area contributed by atoms with Crippen molar-refractivity contribution in [3.05, 3.63) is 40.8 Å². The van der Waals surface area contributed by atoms with Gasteiger partial charge in [0.1, 0.15) is 11.3 Å². The quantitative estimate of drug-likeness (QED) is 0.818. The first-order valence-electron chi connectivity index (χ1n) is 6.04. The van der Waals surface area contributed by atoms with Crippen LogP contribution < -0.4 is 5.73 Å². The van der Waals surface area contributed by atoms with Crippen LogP contribution in [0.1, 0.15) is 36.2 Å². The molecule has 0 saturated carbocycles. The van der Waals surface area contributed by atoms with Crippen molar-refractivity contribution < 1.29 is 4.39 Å². The minimum absolute atomic E-state index is 0.0749. The number of pyridine rings is 1. The molecule has 3 rings (SSSR count). The Bertz CT molecular complexity index is 590. The molecule has 1 aliphatic rings. The fraction of sp³-hybridized carbons (Fsp3) is 0.357. The number of benzene rings is 1. The summed E-state index contributed by atoms with van der Waals surface area (Å²) in [4.78, 5) is 4.47. The van der Waals surface area contributed by atoms with Gasteiger partial charge in [-0.2, -0.15) is 0 Å². The smallest absolute Gasteiger partial charge is 0.149 e. The number of para-hydroxylation sites is 1. The minimum atomic E-state index is -0.251. The minimum Gasteiger partial charge on any atom is -0.324 e. The highest BCUT2D eigenvalue weighted by Crippen LogP contribution is 2.33. The van der Waals surface area contributed by atoms with Crippen molar-refractivity contribution in [1.29, 1.82) is 0 Å². The summed E-state index contributed by atoms with van der Waals surface area (Å²) in [5.41, 5.74) is 9.90. The molecule has 0 spiro atoms. The Morgan fingerprint density at radius 2 is 2.18 bits per heavy atom. The van der Waals surface area contributed by atoms with Crippen LogP contribution in [0.5, 0.6) is 0 Å². The number of hydrogen-bond donors (Lipinski definition) is 1. The Labute approximate surface area is 99.7 Å². The largest absolute Gasteiger partial charge is 0.324 e. The number of nitrogens with zero attached hydrogens (tertiary/aromatic N) is 1. The van der Waals surface area contributed by atoms with Gasteiger partial charge in [-0.15, -0.1) is 0 Å². The molecular weight excluding hydrogens is 215 g/mol. The monoisotopic (exact) mass is 230 g/mol. The van der Waals surface area contributed by atoms with Gasteiger partial charge in [-0.1, -0.05) is 12.1 Å². The van der Waals surface area contributed by atoms with Crippen LogP contribution in [0.15, 0.2) is 18.2 Å². The second kappa shape index (κ2) is 3.77. The van der Waals surface area contributed by atoms with Gasteiger partial charge in [0.15, 0.2) is 0 Å². The molecular formula is C14H15FN2. The first-order chi connectivity index (χ1) is 8.18. The molecule has 1 aromatic heterocycles. The fourth-order valence-electron chi connectivity index (χ4n) is 2.81. The van der Waals surface area contributed by atoms with Gasteiger partial charge in [0.25, 0.3) is 0 Å². The van der Waals surface area contributed by atoms with Crippen molar-refractivity contribution in [1.82, 2.24) is 4.98 Å². The predicted octanol–water partition coefficient (Wildman–Crippen LogP) is 2.88. The van der Waals surface area contributed by atoms with E-state index < -0.39 is 0 Å². The Morgan fingerprint density at radius 3 is 2.94 bits per heavy atom. The molecule has 0 fully saturated rings. The summed E-state index contributed by atoms with van der Waals surface area (Å²) in [7, 11) is 0. The normalized spacial score (nSPS) is 16.2. The third-order valence-corrected chi connectivity index (χ3v) is 3.49. The lowest BCUT2D eigenvalue weighted by atomic mass is 9.96. The van der Waals surface area contributed by atoms with E-state index in [0.717, 1.165) is 35.9 Å². The summed E-state index contributed by atoms with van der Waals surface area (Å²) in [6.45, 7) is 1.96. The highest BCUT2D eigenvalue weighted by molar-refractivity contribution is 5.85. The Balaban J connectivity index is 2.44. The highest BCUT2D eigenvalue weighted by atomic mass is 19.1. The van der Waals surface area contributed by atoms with Crippen LogP contribution in [0, 0.1) is 5.82 Å². The van der Waals surface area contributed by atoms with Crippen molar-refractivity contribution in [3.63, 3.8) is 0 Å². The average molecular weight is 230 g/mol. The zero-order chi connectivity index (χ0) is 12.0. The topological polar surface area (TPSA) is 38.9 Å². The maximum absolute atomic E-state index is 13.8. The molecule has 2 aromatic rings. The second-order valence-corrected chi connectivity index (χ2v) is 4.73. The molecule has 1 heterocycles. The molecule has 0 aliphatic heterocycles. The van der Waals surface area contributed by atoms with Crippen LogP contribution in [-0.2, 0) is 12.8 Å². The Morgan fingerprint density at radius 1 is 1.35 bits per heavy atom. The lowest BCUT2D eigenvalue weighted by Crippen LogP contribution is -2.10. The summed E-state index contributed by atoms with van der Waals surface area (Å²) in [5.74, 6) is -0.251. The zero-order valence-electron chi connectivity index (χ0n) is 9.83. The van der Waals surface area contributed by atoms with Crippen LogP contribution >= 0.6 is 0 Å². The standard InChI is InChI=1S/C14H15FN2/c1-8(16)13-9-4-3-7-12(9)17-14-10(13)5-2-6-11(14)15/h2,5-6,8H,3-4,7,16H2,1H3. The maximum atomic E-state index is 13.8. The van der Waals surface area contributed by atoms with Gasteiger partial charge < -0.3 is 5.73 Å². The number of halogens is 1. The van der Waals surface area contributed by atoms with Crippen LogP contribution in [-0.4, -0.2) is 4.98 Å². The predicted molar refractivity (Wildman–Crippen MR) is 66.3 cm³/mol. The van der Waals surface area contributed by atoms with E-state index in [1.54, 1.807) is 6.07 Å². The van der Waals surface area contributed by atoms with Gasteiger partial charge in [0.05, 0.1) is 0 Å². The third kappa shape index (κ3) is 1.53. The van der Waals surface area contributed by atoms with Gasteiger partial charge in [0.2, 0.25) is 0 Å². The van der Waals surface area contributed by atoms with E-state index in [2.05, 4.69) is 4.98 Å². The van der Waals surface area contributed by atoms with Gasteiger partial charge in [-0.25, -0.2) is 9.37 Å². The van der Waals surface area contributed by atoms with Crippen molar-refractivity contribution in [3.8, 4) is 0 Å². The molecule has 0 amide bonds. The summed E-state index contributed by atoms with van der Waals surface area (Å²) < 4.78 is 13.8. The number of hydrogen-bond acceptors (Lipinski definition) is 2. The molecule has 2 N–H and O–H groups in total. The molecule has 1 aromatic carbocycles. The van der Waals surface area contributed by atoms with Crippen LogP contribution in [0.2, 0.25) is 0 Å².